The summed E-state index contributed by atoms with van der Waals surface area (Å²) in [5, 5.41) is 10.7. The summed E-state index contributed by atoms with van der Waals surface area (Å²) in [7, 11) is 0. The maximum Gasteiger partial charge on any atom is 0.269 e. The van der Waals surface area contributed by atoms with Gasteiger partial charge >= 0.3 is 0 Å². The highest BCUT2D eigenvalue weighted by molar-refractivity contribution is 5.50. The molecular weight excluding hydrogens is 274 g/mol. The summed E-state index contributed by atoms with van der Waals surface area (Å²) in [6.45, 7) is 3.66. The van der Waals surface area contributed by atoms with Crippen LogP contribution in [0.1, 0.15) is 18.1 Å². The second-order valence-corrected chi connectivity index (χ2v) is 4.31. The van der Waals surface area contributed by atoms with Crippen molar-refractivity contribution in [1.82, 2.24) is 9.97 Å². The maximum absolute atomic E-state index is 10.7. The SMILES string of the molecule is CCc1c(NN)ncnc1Oc1ccc([N+](=O)[O-])cc1C. The van der Waals surface area contributed by atoms with E-state index in [1.165, 1.54) is 18.5 Å². The number of nitrogen functional groups attached to an aromatic ring is 1. The lowest BCUT2D eigenvalue weighted by molar-refractivity contribution is -0.384. The molecule has 0 aliphatic heterocycles. The second-order valence-electron chi connectivity index (χ2n) is 4.31. The van der Waals surface area contributed by atoms with Crippen molar-refractivity contribution in [2.75, 3.05) is 5.43 Å². The third-order valence-electron chi connectivity index (χ3n) is 2.97. The summed E-state index contributed by atoms with van der Waals surface area (Å²) < 4.78 is 5.74. The molecule has 0 aliphatic rings. The minimum Gasteiger partial charge on any atom is -0.438 e. The van der Waals surface area contributed by atoms with Gasteiger partial charge in [-0.05, 0) is 25.0 Å². The van der Waals surface area contributed by atoms with Crippen molar-refractivity contribution >= 4 is 11.5 Å². The quantitative estimate of drug-likeness (QED) is 0.493. The zero-order valence-corrected chi connectivity index (χ0v) is 11.7. The normalized spacial score (nSPS) is 10.2. The van der Waals surface area contributed by atoms with Gasteiger partial charge in [0.05, 0.1) is 10.5 Å². The van der Waals surface area contributed by atoms with Crippen LogP contribution < -0.4 is 16.0 Å². The lowest BCUT2D eigenvalue weighted by atomic mass is 10.2. The van der Waals surface area contributed by atoms with E-state index in [-0.39, 0.29) is 5.69 Å². The van der Waals surface area contributed by atoms with Crippen LogP contribution in [0.2, 0.25) is 0 Å². The molecule has 0 unspecified atom stereocenters. The van der Waals surface area contributed by atoms with E-state index in [2.05, 4.69) is 15.4 Å². The number of hydrogen-bond donors (Lipinski definition) is 2. The van der Waals surface area contributed by atoms with Gasteiger partial charge in [0.25, 0.3) is 5.69 Å². The van der Waals surface area contributed by atoms with E-state index >= 15 is 0 Å². The first-order valence-corrected chi connectivity index (χ1v) is 6.30. The Kier molecular flexibility index (Phi) is 4.29. The predicted molar refractivity (Wildman–Crippen MR) is 77.1 cm³/mol. The third-order valence-corrected chi connectivity index (χ3v) is 2.97. The van der Waals surface area contributed by atoms with Crippen molar-refractivity contribution in [3.63, 3.8) is 0 Å². The average Bonchev–Trinajstić information content (AvgIpc) is 2.48. The van der Waals surface area contributed by atoms with Crippen LogP contribution in [-0.4, -0.2) is 14.9 Å². The number of nitro groups is 1. The minimum absolute atomic E-state index is 0.0163. The molecule has 2 aromatic rings. The lowest BCUT2D eigenvalue weighted by Crippen LogP contribution is -2.12. The zero-order valence-electron chi connectivity index (χ0n) is 11.7. The number of rotatable bonds is 5. The van der Waals surface area contributed by atoms with Crippen LogP contribution in [0.5, 0.6) is 11.6 Å². The zero-order chi connectivity index (χ0) is 15.4. The molecular formula is C13H15N5O3. The molecule has 8 heteroatoms. The molecule has 0 spiro atoms. The standard InChI is InChI=1S/C13H15N5O3/c1-3-10-12(17-14)15-7-16-13(10)21-11-5-4-9(18(19)20)6-8(11)2/h4-7H,3,14H2,1-2H3,(H,15,16,17). The molecule has 0 aliphatic carbocycles. The summed E-state index contributed by atoms with van der Waals surface area (Å²) in [6.07, 6.45) is 1.96. The Morgan fingerprint density at radius 2 is 2.19 bits per heavy atom. The van der Waals surface area contributed by atoms with Crippen molar-refractivity contribution < 1.29 is 9.66 Å². The molecule has 1 aromatic carbocycles. The first-order valence-electron chi connectivity index (χ1n) is 6.30. The van der Waals surface area contributed by atoms with Crippen molar-refractivity contribution in [1.29, 1.82) is 0 Å². The van der Waals surface area contributed by atoms with Crippen molar-refractivity contribution in [2.45, 2.75) is 20.3 Å². The maximum atomic E-state index is 10.7. The molecule has 0 saturated carbocycles. The lowest BCUT2D eigenvalue weighted by Gasteiger charge is -2.12. The van der Waals surface area contributed by atoms with Crippen LogP contribution in [-0.2, 0) is 6.42 Å². The number of non-ortho nitro benzene ring substituents is 1. The number of nitro benzene ring substituents is 1. The molecule has 0 atom stereocenters. The minimum atomic E-state index is -0.449. The fourth-order valence-electron chi connectivity index (χ4n) is 1.89. The van der Waals surface area contributed by atoms with Gasteiger partial charge in [0, 0.05) is 12.1 Å². The fourth-order valence-corrected chi connectivity index (χ4v) is 1.89. The number of hydrazine groups is 1. The number of benzene rings is 1. The van der Waals surface area contributed by atoms with Crippen molar-refractivity contribution in [3.8, 4) is 11.6 Å². The van der Waals surface area contributed by atoms with E-state index in [1.54, 1.807) is 13.0 Å². The average molecular weight is 289 g/mol. The van der Waals surface area contributed by atoms with Gasteiger partial charge in [-0.3, -0.25) is 10.1 Å². The topological polar surface area (TPSA) is 116 Å². The van der Waals surface area contributed by atoms with E-state index in [4.69, 9.17) is 10.6 Å². The number of ether oxygens (including phenoxy) is 1. The van der Waals surface area contributed by atoms with Crippen LogP contribution in [0, 0.1) is 17.0 Å². The summed E-state index contributed by atoms with van der Waals surface area (Å²) in [5.74, 6) is 6.76. The molecule has 0 fully saturated rings. The highest BCUT2D eigenvalue weighted by Crippen LogP contribution is 2.30. The Hall–Kier alpha value is -2.74. The summed E-state index contributed by atoms with van der Waals surface area (Å²) in [4.78, 5) is 18.4. The van der Waals surface area contributed by atoms with Crippen LogP contribution in [0.4, 0.5) is 11.5 Å². The van der Waals surface area contributed by atoms with E-state index in [0.29, 0.717) is 29.4 Å². The molecule has 2 rings (SSSR count). The Morgan fingerprint density at radius 1 is 1.43 bits per heavy atom. The van der Waals surface area contributed by atoms with E-state index < -0.39 is 4.92 Å². The first-order chi connectivity index (χ1) is 10.1. The number of nitrogens with two attached hydrogens (primary N) is 1. The Labute approximate surface area is 121 Å². The molecule has 0 bridgehead atoms. The largest absolute Gasteiger partial charge is 0.438 e. The second kappa shape index (κ2) is 6.14. The van der Waals surface area contributed by atoms with E-state index in [1.807, 2.05) is 6.92 Å². The van der Waals surface area contributed by atoms with Gasteiger partial charge in [0.2, 0.25) is 5.88 Å². The number of nitrogens with zero attached hydrogens (tertiary/aromatic N) is 3. The number of hydrogen-bond acceptors (Lipinski definition) is 7. The number of aryl methyl sites for hydroxylation is 1. The molecule has 110 valence electrons. The molecule has 1 aromatic heterocycles. The Balaban J connectivity index is 2.36. The summed E-state index contributed by atoms with van der Waals surface area (Å²) in [6, 6.07) is 4.38. The van der Waals surface area contributed by atoms with Crippen LogP contribution >= 0.6 is 0 Å². The molecule has 8 nitrogen and oxygen atoms in total. The smallest absolute Gasteiger partial charge is 0.269 e. The van der Waals surface area contributed by atoms with E-state index in [0.717, 1.165) is 5.56 Å². The van der Waals surface area contributed by atoms with Crippen molar-refractivity contribution in [3.05, 3.63) is 45.8 Å². The van der Waals surface area contributed by atoms with Gasteiger partial charge in [-0.2, -0.15) is 0 Å². The van der Waals surface area contributed by atoms with Gasteiger partial charge in [-0.15, -0.1) is 0 Å². The molecule has 3 N–H and O–H groups in total. The number of nitrogens with one attached hydrogen (secondary N) is 1. The highest BCUT2D eigenvalue weighted by Gasteiger charge is 2.14. The number of aromatic nitrogens is 2. The summed E-state index contributed by atoms with van der Waals surface area (Å²) >= 11 is 0. The summed E-state index contributed by atoms with van der Waals surface area (Å²) in [5.41, 5.74) is 3.89. The fraction of sp³-hybridized carbons (Fsp3) is 0.231. The van der Waals surface area contributed by atoms with Gasteiger partial charge in [0.15, 0.2) is 0 Å². The van der Waals surface area contributed by atoms with Gasteiger partial charge in [-0.25, -0.2) is 15.8 Å². The van der Waals surface area contributed by atoms with Crippen LogP contribution in [0.15, 0.2) is 24.5 Å². The third kappa shape index (κ3) is 3.06. The van der Waals surface area contributed by atoms with Gasteiger partial charge in [0.1, 0.15) is 17.9 Å². The Morgan fingerprint density at radius 3 is 2.76 bits per heavy atom. The van der Waals surface area contributed by atoms with Gasteiger partial charge in [-0.1, -0.05) is 6.92 Å². The first kappa shape index (κ1) is 14.7. The monoisotopic (exact) mass is 289 g/mol. The van der Waals surface area contributed by atoms with Crippen LogP contribution in [0.25, 0.3) is 0 Å². The molecule has 1 heterocycles. The van der Waals surface area contributed by atoms with E-state index in [9.17, 15) is 10.1 Å². The molecule has 0 saturated heterocycles. The van der Waals surface area contributed by atoms with Crippen LogP contribution in [0.3, 0.4) is 0 Å². The Bertz CT molecular complexity index is 675. The molecule has 0 radical (unpaired) electrons. The predicted octanol–water partition coefficient (Wildman–Crippen LogP) is 2.33. The molecule has 0 amide bonds. The highest BCUT2D eigenvalue weighted by atomic mass is 16.6. The van der Waals surface area contributed by atoms with Gasteiger partial charge < -0.3 is 10.2 Å². The number of anilines is 1. The molecule has 21 heavy (non-hydrogen) atoms. The van der Waals surface area contributed by atoms with Crippen molar-refractivity contribution in [2.24, 2.45) is 5.84 Å².